The molecule has 1 atom stereocenters. The average Bonchev–Trinajstić information content (AvgIpc) is 2.45. The van der Waals surface area contributed by atoms with Crippen LogP contribution in [-0.2, 0) is 0 Å². The number of carboxylic acid groups (broad SMARTS) is 1. The minimum atomic E-state index is -0.973. The Bertz CT molecular complexity index is 630. The standard InChI is InChI=1S/C15H20FN3O4/c1-15(2,3)13-9-17(6-7-18(13)14(20)21)10-4-5-12(19(22)23)11(16)8-10/h4-5,8,13H,6-7,9H2,1-3H3,(H,20,21). The maximum Gasteiger partial charge on any atom is 0.407 e. The zero-order valence-corrected chi connectivity index (χ0v) is 13.3. The molecule has 1 unspecified atom stereocenters. The van der Waals surface area contributed by atoms with Crippen LogP contribution in [0.3, 0.4) is 0 Å². The lowest BCUT2D eigenvalue weighted by Gasteiger charge is -2.46. The van der Waals surface area contributed by atoms with Crippen molar-refractivity contribution >= 4 is 17.5 Å². The van der Waals surface area contributed by atoms with Gasteiger partial charge in [-0.1, -0.05) is 20.8 Å². The fourth-order valence-electron chi connectivity index (χ4n) is 2.83. The zero-order chi connectivity index (χ0) is 17.4. The van der Waals surface area contributed by atoms with Gasteiger partial charge >= 0.3 is 11.8 Å². The summed E-state index contributed by atoms with van der Waals surface area (Å²) in [4.78, 5) is 24.6. The molecule has 1 heterocycles. The van der Waals surface area contributed by atoms with E-state index < -0.39 is 22.5 Å². The fraction of sp³-hybridized carbons (Fsp3) is 0.533. The lowest BCUT2D eigenvalue weighted by atomic mass is 9.84. The van der Waals surface area contributed by atoms with E-state index >= 15 is 0 Å². The lowest BCUT2D eigenvalue weighted by Crippen LogP contribution is -2.59. The molecule has 0 aromatic heterocycles. The topological polar surface area (TPSA) is 86.9 Å². The zero-order valence-electron chi connectivity index (χ0n) is 13.3. The quantitative estimate of drug-likeness (QED) is 0.667. The van der Waals surface area contributed by atoms with Gasteiger partial charge in [-0.05, 0) is 11.5 Å². The van der Waals surface area contributed by atoms with Crippen LogP contribution in [0.4, 0.5) is 20.6 Å². The van der Waals surface area contributed by atoms with Crippen molar-refractivity contribution in [1.82, 2.24) is 4.90 Å². The van der Waals surface area contributed by atoms with E-state index in [1.165, 1.54) is 11.0 Å². The summed E-state index contributed by atoms with van der Waals surface area (Å²) in [6.45, 7) is 6.98. The second kappa shape index (κ2) is 6.02. The molecule has 0 saturated carbocycles. The number of anilines is 1. The highest BCUT2D eigenvalue weighted by molar-refractivity contribution is 5.66. The largest absolute Gasteiger partial charge is 0.465 e. The van der Waals surface area contributed by atoms with Gasteiger partial charge in [0.15, 0.2) is 0 Å². The van der Waals surface area contributed by atoms with Crippen LogP contribution in [-0.4, -0.2) is 46.7 Å². The first-order valence-electron chi connectivity index (χ1n) is 7.29. The fourth-order valence-corrected chi connectivity index (χ4v) is 2.83. The number of hydrogen-bond acceptors (Lipinski definition) is 4. The van der Waals surface area contributed by atoms with Gasteiger partial charge in [0.05, 0.1) is 11.0 Å². The summed E-state index contributed by atoms with van der Waals surface area (Å²) in [5, 5.41) is 20.0. The van der Waals surface area contributed by atoms with E-state index in [-0.39, 0.29) is 11.5 Å². The smallest absolute Gasteiger partial charge is 0.407 e. The lowest BCUT2D eigenvalue weighted by molar-refractivity contribution is -0.387. The van der Waals surface area contributed by atoms with E-state index in [1.54, 1.807) is 0 Å². The number of benzene rings is 1. The molecule has 126 valence electrons. The van der Waals surface area contributed by atoms with Gasteiger partial charge in [0.1, 0.15) is 0 Å². The Hall–Kier alpha value is -2.38. The van der Waals surface area contributed by atoms with Gasteiger partial charge in [-0.15, -0.1) is 0 Å². The first-order chi connectivity index (χ1) is 10.6. The number of nitro benzene ring substituents is 1. The highest BCUT2D eigenvalue weighted by Crippen LogP contribution is 2.31. The molecule has 1 N–H and O–H groups in total. The molecule has 1 aliphatic heterocycles. The highest BCUT2D eigenvalue weighted by Gasteiger charge is 2.38. The average molecular weight is 325 g/mol. The molecule has 7 nitrogen and oxygen atoms in total. The number of carbonyl (C=O) groups is 1. The first-order valence-corrected chi connectivity index (χ1v) is 7.29. The van der Waals surface area contributed by atoms with Crippen molar-refractivity contribution in [1.29, 1.82) is 0 Å². The Balaban J connectivity index is 2.27. The molecule has 1 aromatic rings. The summed E-state index contributed by atoms with van der Waals surface area (Å²) in [6, 6.07) is 3.51. The molecule has 0 spiro atoms. The number of rotatable bonds is 2. The van der Waals surface area contributed by atoms with Gasteiger partial charge in [-0.2, -0.15) is 4.39 Å². The van der Waals surface area contributed by atoms with Crippen molar-refractivity contribution < 1.29 is 19.2 Å². The minimum absolute atomic E-state index is 0.257. The third-order valence-corrected chi connectivity index (χ3v) is 4.12. The monoisotopic (exact) mass is 325 g/mol. The number of nitrogens with zero attached hydrogens (tertiary/aromatic N) is 3. The van der Waals surface area contributed by atoms with Gasteiger partial charge < -0.3 is 14.9 Å². The van der Waals surface area contributed by atoms with E-state index in [2.05, 4.69) is 0 Å². The van der Waals surface area contributed by atoms with Gasteiger partial charge in [-0.25, -0.2) is 4.79 Å². The summed E-state index contributed by atoms with van der Waals surface area (Å²) < 4.78 is 13.8. The van der Waals surface area contributed by atoms with Crippen LogP contribution in [0, 0.1) is 21.3 Å². The SMILES string of the molecule is CC(C)(C)C1CN(c2ccc([N+](=O)[O-])c(F)c2)CCN1C(=O)O. The van der Waals surface area contributed by atoms with Crippen LogP contribution in [0.5, 0.6) is 0 Å². The molecule has 0 bridgehead atoms. The van der Waals surface area contributed by atoms with Gasteiger partial charge in [0, 0.05) is 37.5 Å². The Labute approximate surface area is 133 Å². The molecule has 8 heteroatoms. The van der Waals surface area contributed by atoms with Gasteiger partial charge in [0.25, 0.3) is 0 Å². The molecule has 23 heavy (non-hydrogen) atoms. The number of piperazine rings is 1. The molecular weight excluding hydrogens is 305 g/mol. The van der Waals surface area contributed by atoms with Gasteiger partial charge in [-0.3, -0.25) is 10.1 Å². The van der Waals surface area contributed by atoms with E-state index in [1.807, 2.05) is 25.7 Å². The number of nitro groups is 1. The van der Waals surface area contributed by atoms with Crippen molar-refractivity contribution in [3.05, 3.63) is 34.1 Å². The van der Waals surface area contributed by atoms with Crippen LogP contribution in [0.25, 0.3) is 0 Å². The Kier molecular flexibility index (Phi) is 4.44. The Morgan fingerprint density at radius 2 is 2.04 bits per heavy atom. The third-order valence-electron chi connectivity index (χ3n) is 4.12. The van der Waals surface area contributed by atoms with E-state index in [0.29, 0.717) is 25.3 Å². The Morgan fingerprint density at radius 1 is 1.39 bits per heavy atom. The summed E-state index contributed by atoms with van der Waals surface area (Å²) in [7, 11) is 0. The van der Waals surface area contributed by atoms with Crippen molar-refractivity contribution in [3.8, 4) is 0 Å². The van der Waals surface area contributed by atoms with E-state index in [4.69, 9.17) is 0 Å². The summed E-state index contributed by atoms with van der Waals surface area (Å²) in [5.74, 6) is -0.888. The van der Waals surface area contributed by atoms with Crippen LogP contribution in [0.15, 0.2) is 18.2 Å². The maximum atomic E-state index is 13.8. The first kappa shape index (κ1) is 17.0. The van der Waals surface area contributed by atoms with Crippen LogP contribution in [0.1, 0.15) is 20.8 Å². The molecule has 1 aromatic carbocycles. The number of hydrogen-bond donors (Lipinski definition) is 1. The molecule has 1 saturated heterocycles. The molecular formula is C15H20FN3O4. The predicted octanol–water partition coefficient (Wildman–Crippen LogP) is 2.95. The van der Waals surface area contributed by atoms with Crippen molar-refractivity contribution in [3.63, 3.8) is 0 Å². The normalized spacial score (nSPS) is 18.9. The van der Waals surface area contributed by atoms with E-state index in [0.717, 1.165) is 12.1 Å². The second-order valence-corrected chi connectivity index (χ2v) is 6.70. The number of amides is 1. The molecule has 2 rings (SSSR count). The van der Waals surface area contributed by atoms with Crippen molar-refractivity contribution in [2.45, 2.75) is 26.8 Å². The van der Waals surface area contributed by atoms with E-state index in [9.17, 15) is 24.4 Å². The molecule has 1 fully saturated rings. The summed E-state index contributed by atoms with van der Waals surface area (Å²) >= 11 is 0. The molecule has 1 aliphatic rings. The Morgan fingerprint density at radius 3 is 2.52 bits per heavy atom. The van der Waals surface area contributed by atoms with Gasteiger partial charge in [0.2, 0.25) is 5.82 Å². The molecule has 1 amide bonds. The minimum Gasteiger partial charge on any atom is -0.465 e. The molecule has 0 aliphatic carbocycles. The van der Waals surface area contributed by atoms with Crippen LogP contribution >= 0.6 is 0 Å². The van der Waals surface area contributed by atoms with Crippen LogP contribution < -0.4 is 4.90 Å². The highest BCUT2D eigenvalue weighted by atomic mass is 19.1. The maximum absolute atomic E-state index is 13.8. The number of halogens is 1. The summed E-state index contributed by atoms with van der Waals surface area (Å²) in [5.41, 5.74) is -0.325. The van der Waals surface area contributed by atoms with Crippen LogP contribution in [0.2, 0.25) is 0 Å². The predicted molar refractivity (Wildman–Crippen MR) is 83.2 cm³/mol. The molecule has 0 radical (unpaired) electrons. The third kappa shape index (κ3) is 3.52. The van der Waals surface area contributed by atoms with Crippen molar-refractivity contribution in [2.24, 2.45) is 5.41 Å². The van der Waals surface area contributed by atoms with Crippen molar-refractivity contribution in [2.75, 3.05) is 24.5 Å². The summed E-state index contributed by atoms with van der Waals surface area (Å²) in [6.07, 6.45) is -0.973. The second-order valence-electron chi connectivity index (χ2n) is 6.70.